The van der Waals surface area contributed by atoms with Crippen LogP contribution in [0.5, 0.6) is 0 Å². The van der Waals surface area contributed by atoms with Crippen molar-refractivity contribution in [2.45, 2.75) is 6.92 Å². The van der Waals surface area contributed by atoms with Gasteiger partial charge in [-0.3, -0.25) is 14.9 Å². The third kappa shape index (κ3) is 4.26. The van der Waals surface area contributed by atoms with Crippen molar-refractivity contribution in [3.8, 4) is 16.9 Å². The number of thiazole rings is 1. The van der Waals surface area contributed by atoms with Crippen LogP contribution in [0.3, 0.4) is 0 Å². The van der Waals surface area contributed by atoms with E-state index in [1.165, 1.54) is 30.4 Å². The summed E-state index contributed by atoms with van der Waals surface area (Å²) in [4.78, 5) is 27.9. The molecule has 0 atom stereocenters. The number of halogens is 1. The van der Waals surface area contributed by atoms with Crippen molar-refractivity contribution in [1.82, 2.24) is 14.8 Å². The molecule has 0 spiro atoms. The van der Waals surface area contributed by atoms with Gasteiger partial charge in [-0.15, -0.1) is 11.3 Å². The first kappa shape index (κ1) is 19.5. The van der Waals surface area contributed by atoms with Crippen LogP contribution in [0.15, 0.2) is 66.2 Å². The predicted octanol–water partition coefficient (Wildman–Crippen LogP) is 4.35. The Balaban J connectivity index is 1.48. The normalized spacial score (nSPS) is 10.6. The Bertz CT molecular complexity index is 1220. The molecule has 0 saturated carbocycles. The van der Waals surface area contributed by atoms with Crippen LogP contribution in [0.1, 0.15) is 17.4 Å². The average Bonchev–Trinajstić information content (AvgIpc) is 3.38. The fourth-order valence-electron chi connectivity index (χ4n) is 2.79. The van der Waals surface area contributed by atoms with Crippen LogP contribution in [0, 0.1) is 5.82 Å². The highest BCUT2D eigenvalue weighted by Gasteiger charge is 2.15. The lowest BCUT2D eigenvalue weighted by atomic mass is 10.1. The van der Waals surface area contributed by atoms with Gasteiger partial charge < -0.3 is 5.32 Å². The molecule has 0 aliphatic heterocycles. The number of hydrogen-bond donors (Lipinski definition) is 2. The predicted molar refractivity (Wildman–Crippen MR) is 113 cm³/mol. The minimum Gasteiger partial charge on any atom is -0.326 e. The summed E-state index contributed by atoms with van der Waals surface area (Å²) < 4.78 is 16.0. The SMILES string of the molecule is CC(=O)Nc1ccc(-c2csc(NC(=O)c3ccn(-c4ccccc4)n3)n2)c(F)c1. The van der Waals surface area contributed by atoms with Crippen LogP contribution in [-0.4, -0.2) is 26.6 Å². The maximum Gasteiger partial charge on any atom is 0.277 e. The molecule has 2 aromatic carbocycles. The second-order valence-electron chi connectivity index (χ2n) is 6.35. The molecular weight excluding hydrogens is 405 g/mol. The molecule has 2 aromatic heterocycles. The quantitative estimate of drug-likeness (QED) is 0.502. The van der Waals surface area contributed by atoms with Crippen molar-refractivity contribution in [3.05, 3.63) is 77.7 Å². The molecule has 0 aliphatic rings. The Labute approximate surface area is 175 Å². The van der Waals surface area contributed by atoms with Gasteiger partial charge in [-0.1, -0.05) is 18.2 Å². The van der Waals surface area contributed by atoms with Crippen molar-refractivity contribution in [2.75, 3.05) is 10.6 Å². The van der Waals surface area contributed by atoms with Crippen LogP contribution >= 0.6 is 11.3 Å². The Morgan fingerprint density at radius 3 is 2.60 bits per heavy atom. The number of carbonyl (C=O) groups is 2. The molecule has 0 bridgehead atoms. The topological polar surface area (TPSA) is 88.9 Å². The maximum atomic E-state index is 14.4. The van der Waals surface area contributed by atoms with Crippen LogP contribution in [0.2, 0.25) is 0 Å². The second kappa shape index (κ2) is 8.26. The number of benzene rings is 2. The molecule has 2 heterocycles. The molecule has 7 nitrogen and oxygen atoms in total. The number of para-hydroxylation sites is 1. The van der Waals surface area contributed by atoms with E-state index in [9.17, 15) is 14.0 Å². The molecule has 0 aliphatic carbocycles. The summed E-state index contributed by atoms with van der Waals surface area (Å²) in [5.41, 5.74) is 2.10. The zero-order chi connectivity index (χ0) is 21.1. The third-order valence-electron chi connectivity index (χ3n) is 4.13. The molecule has 0 unspecified atom stereocenters. The number of carbonyl (C=O) groups excluding carboxylic acids is 2. The number of anilines is 2. The number of hydrogen-bond acceptors (Lipinski definition) is 5. The minimum atomic E-state index is -0.522. The first-order valence-corrected chi connectivity index (χ1v) is 9.83. The van der Waals surface area contributed by atoms with Gasteiger partial charge in [0.05, 0.1) is 11.4 Å². The first-order chi connectivity index (χ1) is 14.5. The first-order valence-electron chi connectivity index (χ1n) is 8.95. The standard InChI is InChI=1S/C21H16FN5O2S/c1-13(28)23-14-7-8-16(17(22)11-14)19-12-30-21(24-19)25-20(29)18-9-10-27(26-18)15-5-3-2-4-6-15/h2-12H,1H3,(H,23,28)(H,24,25,29). The van der Waals surface area contributed by atoms with Crippen LogP contribution in [0.25, 0.3) is 16.9 Å². The summed E-state index contributed by atoms with van der Waals surface area (Å²) in [6, 6.07) is 15.4. The van der Waals surface area contributed by atoms with Crippen LogP contribution in [0.4, 0.5) is 15.2 Å². The number of amides is 2. The van der Waals surface area contributed by atoms with Crippen molar-refractivity contribution in [3.63, 3.8) is 0 Å². The minimum absolute atomic E-state index is 0.237. The van der Waals surface area contributed by atoms with E-state index in [1.54, 1.807) is 28.4 Å². The molecule has 2 N–H and O–H groups in total. The number of nitrogens with zero attached hydrogens (tertiary/aromatic N) is 3. The van der Waals surface area contributed by atoms with Gasteiger partial charge in [0.15, 0.2) is 10.8 Å². The molecule has 9 heteroatoms. The maximum absolute atomic E-state index is 14.4. The van der Waals surface area contributed by atoms with E-state index in [0.717, 1.165) is 5.69 Å². The molecule has 4 aromatic rings. The monoisotopic (exact) mass is 421 g/mol. The molecular formula is C21H16FN5O2S. The van der Waals surface area contributed by atoms with E-state index >= 15 is 0 Å². The van der Waals surface area contributed by atoms with Gasteiger partial charge >= 0.3 is 0 Å². The zero-order valence-corrected chi connectivity index (χ0v) is 16.6. The van der Waals surface area contributed by atoms with Gasteiger partial charge in [0.1, 0.15) is 5.82 Å². The Kier molecular flexibility index (Phi) is 5.36. The summed E-state index contributed by atoms with van der Waals surface area (Å²) in [7, 11) is 0. The number of aromatic nitrogens is 3. The van der Waals surface area contributed by atoms with Crippen LogP contribution in [-0.2, 0) is 4.79 Å². The lowest BCUT2D eigenvalue weighted by Crippen LogP contribution is -2.13. The third-order valence-corrected chi connectivity index (χ3v) is 4.89. The highest BCUT2D eigenvalue weighted by atomic mass is 32.1. The number of nitrogens with one attached hydrogen (secondary N) is 2. The molecule has 0 saturated heterocycles. The van der Waals surface area contributed by atoms with Gasteiger partial charge in [0.25, 0.3) is 5.91 Å². The molecule has 0 fully saturated rings. The van der Waals surface area contributed by atoms with E-state index in [2.05, 4.69) is 20.7 Å². The van der Waals surface area contributed by atoms with Gasteiger partial charge in [0.2, 0.25) is 5.91 Å². The highest BCUT2D eigenvalue weighted by molar-refractivity contribution is 7.14. The van der Waals surface area contributed by atoms with E-state index in [1.807, 2.05) is 30.3 Å². The Hall–Kier alpha value is -3.85. The Morgan fingerprint density at radius 1 is 1.07 bits per heavy atom. The number of rotatable bonds is 5. The fourth-order valence-corrected chi connectivity index (χ4v) is 3.50. The lowest BCUT2D eigenvalue weighted by molar-refractivity contribution is -0.114. The van der Waals surface area contributed by atoms with E-state index in [0.29, 0.717) is 16.5 Å². The molecule has 2 amide bonds. The molecule has 150 valence electrons. The zero-order valence-electron chi connectivity index (χ0n) is 15.8. The van der Waals surface area contributed by atoms with Crippen molar-refractivity contribution in [1.29, 1.82) is 0 Å². The van der Waals surface area contributed by atoms with Crippen molar-refractivity contribution < 1.29 is 14.0 Å². The van der Waals surface area contributed by atoms with Crippen molar-refractivity contribution in [2.24, 2.45) is 0 Å². The van der Waals surface area contributed by atoms with Gasteiger partial charge in [-0.05, 0) is 36.4 Å². The summed E-state index contributed by atoms with van der Waals surface area (Å²) >= 11 is 1.18. The summed E-state index contributed by atoms with van der Waals surface area (Å²) in [6.45, 7) is 1.35. The molecule has 0 radical (unpaired) electrons. The highest BCUT2D eigenvalue weighted by Crippen LogP contribution is 2.29. The second-order valence-corrected chi connectivity index (χ2v) is 7.21. The lowest BCUT2D eigenvalue weighted by Gasteiger charge is -2.05. The summed E-state index contributed by atoms with van der Waals surface area (Å²) in [5.74, 6) is -1.21. The van der Waals surface area contributed by atoms with E-state index in [4.69, 9.17) is 0 Å². The van der Waals surface area contributed by atoms with Crippen molar-refractivity contribution >= 4 is 34.0 Å². The summed E-state index contributed by atoms with van der Waals surface area (Å²) in [5, 5.41) is 11.5. The van der Waals surface area contributed by atoms with Gasteiger partial charge in [0, 0.05) is 29.8 Å². The smallest absolute Gasteiger partial charge is 0.277 e. The molecule has 4 rings (SSSR count). The summed E-state index contributed by atoms with van der Waals surface area (Å²) in [6.07, 6.45) is 1.70. The van der Waals surface area contributed by atoms with Gasteiger partial charge in [-0.2, -0.15) is 5.10 Å². The largest absolute Gasteiger partial charge is 0.326 e. The van der Waals surface area contributed by atoms with Gasteiger partial charge in [-0.25, -0.2) is 14.1 Å². The van der Waals surface area contributed by atoms with E-state index < -0.39 is 11.7 Å². The molecule has 30 heavy (non-hydrogen) atoms. The fraction of sp³-hybridized carbons (Fsp3) is 0.0476. The Morgan fingerprint density at radius 2 is 1.87 bits per heavy atom. The van der Waals surface area contributed by atoms with E-state index in [-0.39, 0.29) is 17.2 Å². The van der Waals surface area contributed by atoms with Crippen LogP contribution < -0.4 is 10.6 Å². The average molecular weight is 421 g/mol.